The van der Waals surface area contributed by atoms with Crippen LogP contribution in [-0.2, 0) is 11.3 Å². The highest BCUT2D eigenvalue weighted by atomic mass is 16.5. The van der Waals surface area contributed by atoms with Gasteiger partial charge in [0, 0.05) is 31.1 Å². The third-order valence-corrected chi connectivity index (χ3v) is 3.63. The summed E-state index contributed by atoms with van der Waals surface area (Å²) >= 11 is 0. The lowest BCUT2D eigenvalue weighted by molar-refractivity contribution is -0.699. The molecule has 0 aliphatic heterocycles. The number of aliphatic carboxylic acids is 1. The lowest BCUT2D eigenvalue weighted by Crippen LogP contribution is -2.36. The molecule has 0 unspecified atom stereocenters. The molecule has 0 saturated carbocycles. The summed E-state index contributed by atoms with van der Waals surface area (Å²) in [5, 5.41) is 8.71. The Bertz CT molecular complexity index is 695. The fourth-order valence-corrected chi connectivity index (χ4v) is 2.46. The van der Waals surface area contributed by atoms with Gasteiger partial charge in [-0.25, -0.2) is 0 Å². The van der Waals surface area contributed by atoms with Crippen LogP contribution >= 0.6 is 0 Å². The molecule has 4 nitrogen and oxygen atoms in total. The van der Waals surface area contributed by atoms with Gasteiger partial charge in [-0.15, -0.1) is 0 Å². The first kappa shape index (κ1) is 17.7. The Morgan fingerprint density at radius 1 is 1.17 bits per heavy atom. The Hall–Kier alpha value is -2.62. The van der Waals surface area contributed by atoms with Crippen molar-refractivity contribution in [1.29, 1.82) is 0 Å². The quantitative estimate of drug-likeness (QED) is 0.563. The van der Waals surface area contributed by atoms with E-state index in [0.717, 1.165) is 30.0 Å². The number of ether oxygens (including phenoxy) is 1. The highest BCUT2D eigenvalue weighted by molar-refractivity contribution is 5.67. The van der Waals surface area contributed by atoms with Crippen molar-refractivity contribution in [3.63, 3.8) is 0 Å². The molecule has 0 atom stereocenters. The second-order valence-electron chi connectivity index (χ2n) is 5.51. The summed E-state index contributed by atoms with van der Waals surface area (Å²) in [5.74, 6) is 0.136. The number of aryl methyl sites for hydroxylation is 1. The van der Waals surface area contributed by atoms with E-state index in [-0.39, 0.29) is 6.42 Å². The number of hydrogen-bond acceptors (Lipinski definition) is 2. The van der Waals surface area contributed by atoms with Crippen LogP contribution in [0.25, 0.3) is 12.2 Å². The first-order chi connectivity index (χ1) is 11.7. The SMILES string of the molecule is CCOc1cccc(/C=C/c2cccc[n+]2CCCCC(=O)O)c1. The van der Waals surface area contributed by atoms with Crippen molar-refractivity contribution in [2.24, 2.45) is 0 Å². The van der Waals surface area contributed by atoms with Gasteiger partial charge in [-0.05, 0) is 43.2 Å². The minimum atomic E-state index is -0.734. The van der Waals surface area contributed by atoms with Crippen molar-refractivity contribution in [2.45, 2.75) is 32.7 Å². The maximum absolute atomic E-state index is 10.6. The van der Waals surface area contributed by atoms with Gasteiger partial charge in [0.05, 0.1) is 6.61 Å². The van der Waals surface area contributed by atoms with E-state index in [1.165, 1.54) is 0 Å². The molecule has 24 heavy (non-hydrogen) atoms. The molecule has 0 bridgehead atoms. The molecule has 0 aliphatic rings. The van der Waals surface area contributed by atoms with Gasteiger partial charge in [-0.1, -0.05) is 12.1 Å². The predicted octanol–water partition coefficient (Wildman–Crippen LogP) is 3.80. The highest BCUT2D eigenvalue weighted by Crippen LogP contribution is 2.15. The van der Waals surface area contributed by atoms with E-state index >= 15 is 0 Å². The number of nitrogens with zero attached hydrogens (tertiary/aromatic N) is 1. The first-order valence-electron chi connectivity index (χ1n) is 8.30. The number of rotatable bonds is 9. The molecule has 126 valence electrons. The summed E-state index contributed by atoms with van der Waals surface area (Å²) in [6, 6.07) is 14.0. The van der Waals surface area contributed by atoms with E-state index in [9.17, 15) is 4.79 Å². The number of pyridine rings is 1. The molecular weight excluding hydrogens is 302 g/mol. The Morgan fingerprint density at radius 3 is 2.83 bits per heavy atom. The van der Waals surface area contributed by atoms with Crippen LogP contribution in [0.15, 0.2) is 48.7 Å². The van der Waals surface area contributed by atoms with Crippen molar-refractivity contribution in [3.8, 4) is 5.75 Å². The van der Waals surface area contributed by atoms with Gasteiger partial charge < -0.3 is 9.84 Å². The molecule has 0 spiro atoms. The van der Waals surface area contributed by atoms with Crippen molar-refractivity contribution in [3.05, 3.63) is 59.9 Å². The summed E-state index contributed by atoms with van der Waals surface area (Å²) in [5.41, 5.74) is 2.18. The third-order valence-electron chi connectivity index (χ3n) is 3.63. The fourth-order valence-electron chi connectivity index (χ4n) is 2.46. The van der Waals surface area contributed by atoms with E-state index in [1.807, 2.05) is 49.5 Å². The highest BCUT2D eigenvalue weighted by Gasteiger charge is 2.07. The van der Waals surface area contributed by atoms with Gasteiger partial charge in [-0.3, -0.25) is 4.79 Å². The van der Waals surface area contributed by atoms with Crippen molar-refractivity contribution >= 4 is 18.1 Å². The maximum atomic E-state index is 10.6. The van der Waals surface area contributed by atoms with Crippen molar-refractivity contribution in [1.82, 2.24) is 0 Å². The molecule has 0 aliphatic carbocycles. The summed E-state index contributed by atoms with van der Waals surface area (Å²) in [4.78, 5) is 10.6. The van der Waals surface area contributed by atoms with Gasteiger partial charge in [0.1, 0.15) is 12.3 Å². The molecule has 0 radical (unpaired) electrons. The molecule has 0 saturated heterocycles. The van der Waals surface area contributed by atoms with Crippen LogP contribution in [0.2, 0.25) is 0 Å². The fraction of sp³-hybridized carbons (Fsp3) is 0.300. The minimum absolute atomic E-state index is 0.225. The van der Waals surface area contributed by atoms with Gasteiger partial charge in [-0.2, -0.15) is 4.57 Å². The summed E-state index contributed by atoms with van der Waals surface area (Å²) in [6.07, 6.45) is 7.92. The molecular formula is C20H24NO3+. The molecule has 1 aromatic heterocycles. The Morgan fingerprint density at radius 2 is 2.04 bits per heavy atom. The van der Waals surface area contributed by atoms with Crippen LogP contribution in [0.4, 0.5) is 0 Å². The van der Waals surface area contributed by atoms with E-state index in [0.29, 0.717) is 13.0 Å². The summed E-state index contributed by atoms with van der Waals surface area (Å²) < 4.78 is 7.66. The molecule has 1 heterocycles. The lowest BCUT2D eigenvalue weighted by atomic mass is 10.1. The van der Waals surface area contributed by atoms with Crippen LogP contribution in [-0.4, -0.2) is 17.7 Å². The van der Waals surface area contributed by atoms with Gasteiger partial charge >= 0.3 is 5.97 Å². The predicted molar refractivity (Wildman–Crippen MR) is 94.7 cm³/mol. The largest absolute Gasteiger partial charge is 0.494 e. The number of carbonyl (C=O) groups is 1. The Labute approximate surface area is 143 Å². The molecule has 0 fully saturated rings. The van der Waals surface area contributed by atoms with E-state index < -0.39 is 5.97 Å². The number of hydrogen-bond donors (Lipinski definition) is 1. The van der Waals surface area contributed by atoms with Crippen LogP contribution in [0.1, 0.15) is 37.4 Å². The van der Waals surface area contributed by atoms with Crippen LogP contribution in [0, 0.1) is 0 Å². The van der Waals surface area contributed by atoms with E-state index in [2.05, 4.69) is 22.8 Å². The van der Waals surface area contributed by atoms with Crippen molar-refractivity contribution < 1.29 is 19.2 Å². The van der Waals surface area contributed by atoms with Crippen LogP contribution in [0.5, 0.6) is 5.75 Å². The Kier molecular flexibility index (Phi) is 7.02. The molecule has 4 heteroatoms. The number of carboxylic acids is 1. The zero-order valence-corrected chi connectivity index (χ0v) is 14.0. The average molecular weight is 326 g/mol. The summed E-state index contributed by atoms with van der Waals surface area (Å²) in [7, 11) is 0. The summed E-state index contributed by atoms with van der Waals surface area (Å²) in [6.45, 7) is 3.44. The topological polar surface area (TPSA) is 50.4 Å². The third kappa shape index (κ3) is 5.88. The standard InChI is InChI=1S/C20H23NO3/c1-2-24-19-10-7-8-17(16-19)12-13-18-9-3-5-14-21(18)15-6-4-11-20(22)23/h3,5,7-10,12-14,16H,2,4,6,11,15H2,1H3/p+1/b13-12+. The van der Waals surface area contributed by atoms with E-state index in [1.54, 1.807) is 0 Å². The first-order valence-corrected chi connectivity index (χ1v) is 8.30. The molecule has 2 rings (SSSR count). The number of aromatic nitrogens is 1. The average Bonchev–Trinajstić information content (AvgIpc) is 2.58. The molecule has 1 aromatic carbocycles. The second kappa shape index (κ2) is 9.50. The number of unbranched alkanes of at least 4 members (excludes halogenated alkanes) is 1. The van der Waals surface area contributed by atoms with E-state index in [4.69, 9.17) is 9.84 Å². The van der Waals surface area contributed by atoms with Gasteiger partial charge in [0.15, 0.2) is 6.20 Å². The number of benzene rings is 1. The maximum Gasteiger partial charge on any atom is 0.303 e. The zero-order chi connectivity index (χ0) is 17.2. The van der Waals surface area contributed by atoms with Crippen LogP contribution in [0.3, 0.4) is 0 Å². The van der Waals surface area contributed by atoms with Gasteiger partial charge in [0.2, 0.25) is 5.69 Å². The van der Waals surface area contributed by atoms with Gasteiger partial charge in [0.25, 0.3) is 0 Å². The minimum Gasteiger partial charge on any atom is -0.494 e. The molecule has 2 aromatic rings. The Balaban J connectivity index is 2.03. The zero-order valence-electron chi connectivity index (χ0n) is 14.0. The normalized spacial score (nSPS) is 10.9. The monoisotopic (exact) mass is 326 g/mol. The smallest absolute Gasteiger partial charge is 0.303 e. The van der Waals surface area contributed by atoms with Crippen LogP contribution < -0.4 is 9.30 Å². The lowest BCUT2D eigenvalue weighted by Gasteiger charge is -2.03. The van der Waals surface area contributed by atoms with Crippen molar-refractivity contribution in [2.75, 3.05) is 6.61 Å². The second-order valence-corrected chi connectivity index (χ2v) is 5.51. The molecule has 1 N–H and O–H groups in total. The molecule has 0 amide bonds. The number of carboxylic acid groups (broad SMARTS) is 1.